The van der Waals surface area contributed by atoms with Crippen LogP contribution in [0, 0.1) is 0 Å². The molecule has 174 valence electrons. The normalized spacial score (nSPS) is 11.1. The Morgan fingerprint density at radius 2 is 1.45 bits per heavy atom. The van der Waals surface area contributed by atoms with Crippen molar-refractivity contribution >= 4 is 17.4 Å². The van der Waals surface area contributed by atoms with Crippen molar-refractivity contribution in [3.8, 4) is 11.1 Å². The van der Waals surface area contributed by atoms with Crippen LogP contribution in [0.2, 0.25) is 0 Å². The van der Waals surface area contributed by atoms with Crippen molar-refractivity contribution in [3.05, 3.63) is 82.3 Å². The lowest BCUT2D eigenvalue weighted by molar-refractivity contribution is 0.262. The zero-order chi connectivity index (χ0) is 24.0. The van der Waals surface area contributed by atoms with Crippen LogP contribution in [0.25, 0.3) is 11.1 Å². The summed E-state index contributed by atoms with van der Waals surface area (Å²) in [5.74, 6) is 0.503. The summed E-state index contributed by atoms with van der Waals surface area (Å²) in [4.78, 5) is 26.5. The van der Waals surface area contributed by atoms with Gasteiger partial charge in [0.05, 0.1) is 0 Å². The van der Waals surface area contributed by atoms with Gasteiger partial charge in [-0.15, -0.1) is 0 Å². The molecule has 0 fully saturated rings. The largest absolute Gasteiger partial charge is 0.323 e. The molecule has 3 aromatic rings. The predicted octanol–water partition coefficient (Wildman–Crippen LogP) is 7.21. The van der Waals surface area contributed by atoms with Gasteiger partial charge in [-0.2, -0.15) is 0 Å². The molecule has 1 heterocycles. The Kier molecular flexibility index (Phi) is 8.10. The first-order valence-electron chi connectivity index (χ1n) is 11.8. The Morgan fingerprint density at radius 1 is 0.848 bits per heavy atom. The molecule has 0 spiro atoms. The Bertz CT molecular complexity index is 1120. The number of anilines is 2. The van der Waals surface area contributed by atoms with Crippen molar-refractivity contribution in [3.63, 3.8) is 0 Å². The van der Waals surface area contributed by atoms with E-state index in [1.165, 1.54) is 0 Å². The number of carbonyl (C=O) groups excluding carboxylic acids is 1. The second-order valence-electron chi connectivity index (χ2n) is 9.02. The van der Waals surface area contributed by atoms with Crippen LogP contribution in [0.3, 0.4) is 0 Å². The summed E-state index contributed by atoms with van der Waals surface area (Å²) in [7, 11) is 0. The lowest BCUT2D eigenvalue weighted by Gasteiger charge is -2.21. The zero-order valence-electron chi connectivity index (χ0n) is 20.3. The smallest absolute Gasteiger partial charge is 0.314 e. The molecule has 0 aliphatic heterocycles. The molecule has 0 aliphatic carbocycles. The van der Waals surface area contributed by atoms with Gasteiger partial charge in [0.1, 0.15) is 5.69 Å². The van der Waals surface area contributed by atoms with Crippen molar-refractivity contribution in [2.24, 2.45) is 0 Å². The van der Waals surface area contributed by atoms with Crippen LogP contribution in [0.4, 0.5) is 16.2 Å². The van der Waals surface area contributed by atoms with Crippen molar-refractivity contribution in [1.82, 2.24) is 4.57 Å². The minimum atomic E-state index is -0.410. The average Bonchev–Trinajstić information content (AvgIpc) is 2.80. The number of aromatic nitrogens is 1. The van der Waals surface area contributed by atoms with Crippen molar-refractivity contribution in [2.75, 3.05) is 10.6 Å². The number of hydrogen-bond donors (Lipinski definition) is 2. The van der Waals surface area contributed by atoms with Gasteiger partial charge in [0.25, 0.3) is 5.56 Å². The summed E-state index contributed by atoms with van der Waals surface area (Å²) in [5.41, 5.74) is 4.68. The maximum atomic E-state index is 13.3. The maximum Gasteiger partial charge on any atom is 0.323 e. The molecular formula is C28H35N3O2. The summed E-state index contributed by atoms with van der Waals surface area (Å²) in [6, 6.07) is 17.3. The fraction of sp³-hybridized carbons (Fsp3) is 0.357. The number of urea groups is 1. The molecule has 1 aromatic heterocycles. The molecule has 0 unspecified atom stereocenters. The van der Waals surface area contributed by atoms with Gasteiger partial charge in [0, 0.05) is 24.0 Å². The number of rotatable bonds is 8. The Hall–Kier alpha value is -3.34. The highest BCUT2D eigenvalue weighted by Gasteiger charge is 2.19. The quantitative estimate of drug-likeness (QED) is 0.385. The zero-order valence-corrected chi connectivity index (χ0v) is 20.3. The van der Waals surface area contributed by atoms with Crippen LogP contribution in [0.5, 0.6) is 0 Å². The average molecular weight is 446 g/mol. The number of benzene rings is 2. The van der Waals surface area contributed by atoms with Gasteiger partial charge in [-0.1, -0.05) is 89.6 Å². The number of pyridine rings is 1. The van der Waals surface area contributed by atoms with E-state index in [1.807, 2.05) is 60.8 Å². The number of aryl methyl sites for hydroxylation is 1. The van der Waals surface area contributed by atoms with Gasteiger partial charge in [0.15, 0.2) is 0 Å². The van der Waals surface area contributed by atoms with Gasteiger partial charge in [-0.3, -0.25) is 4.79 Å². The maximum absolute atomic E-state index is 13.3. The molecule has 3 rings (SSSR count). The lowest BCUT2D eigenvalue weighted by atomic mass is 9.93. The topological polar surface area (TPSA) is 63.1 Å². The summed E-state index contributed by atoms with van der Waals surface area (Å²) in [5, 5.41) is 5.95. The highest BCUT2D eigenvalue weighted by Crippen LogP contribution is 2.33. The predicted molar refractivity (Wildman–Crippen MR) is 138 cm³/mol. The molecule has 0 saturated carbocycles. The summed E-state index contributed by atoms with van der Waals surface area (Å²) in [6.45, 7) is 11.2. The number of amides is 2. The number of unbranched alkanes of at least 4 members (excludes halogenated alkanes) is 1. The molecule has 0 atom stereocenters. The molecule has 0 radical (unpaired) electrons. The molecule has 0 aliphatic rings. The van der Waals surface area contributed by atoms with Crippen molar-refractivity contribution in [1.29, 1.82) is 0 Å². The third-order valence-corrected chi connectivity index (χ3v) is 5.85. The summed E-state index contributed by atoms with van der Waals surface area (Å²) < 4.78 is 1.67. The van der Waals surface area contributed by atoms with Gasteiger partial charge in [-0.05, 0) is 41.0 Å². The van der Waals surface area contributed by atoms with E-state index in [0.717, 1.165) is 35.2 Å². The molecule has 2 aromatic carbocycles. The van der Waals surface area contributed by atoms with Crippen molar-refractivity contribution < 1.29 is 4.79 Å². The SMILES string of the molecule is CCCCn1ccc(-c2ccccc2)c(NC(=O)Nc2c(C(C)C)cccc2C(C)C)c1=O. The third kappa shape index (κ3) is 5.72. The van der Waals surface area contributed by atoms with Gasteiger partial charge < -0.3 is 15.2 Å². The fourth-order valence-corrected chi connectivity index (χ4v) is 4.01. The van der Waals surface area contributed by atoms with E-state index in [-0.39, 0.29) is 17.4 Å². The van der Waals surface area contributed by atoms with E-state index >= 15 is 0 Å². The monoisotopic (exact) mass is 445 g/mol. The minimum absolute atomic E-state index is 0.193. The Labute approximate surface area is 196 Å². The Balaban J connectivity index is 2.01. The van der Waals surface area contributed by atoms with Crippen LogP contribution >= 0.6 is 0 Å². The van der Waals surface area contributed by atoms with E-state index in [0.29, 0.717) is 17.8 Å². The second-order valence-corrected chi connectivity index (χ2v) is 9.02. The van der Waals surface area contributed by atoms with E-state index in [2.05, 4.69) is 45.3 Å². The van der Waals surface area contributed by atoms with E-state index in [1.54, 1.807) is 4.57 Å². The number of hydrogen-bond acceptors (Lipinski definition) is 2. The van der Waals surface area contributed by atoms with Crippen LogP contribution in [-0.2, 0) is 6.54 Å². The van der Waals surface area contributed by atoms with E-state index in [9.17, 15) is 9.59 Å². The molecule has 0 bridgehead atoms. The van der Waals surface area contributed by atoms with E-state index in [4.69, 9.17) is 0 Å². The standard InChI is InChI=1S/C28H35N3O2/c1-6-7-17-31-18-16-24(21-12-9-8-10-13-21)26(27(31)32)30-28(33)29-25-22(19(2)3)14-11-15-23(25)20(4)5/h8-16,18-20H,6-7,17H2,1-5H3,(H2,29,30,33). The van der Waals surface area contributed by atoms with Crippen LogP contribution in [0.1, 0.15) is 70.4 Å². The number of carbonyl (C=O) groups is 1. The van der Waals surface area contributed by atoms with Crippen LogP contribution in [-0.4, -0.2) is 10.6 Å². The lowest BCUT2D eigenvalue weighted by Crippen LogP contribution is -2.29. The second kappa shape index (κ2) is 11.0. The third-order valence-electron chi connectivity index (χ3n) is 5.85. The van der Waals surface area contributed by atoms with Crippen molar-refractivity contribution in [2.45, 2.75) is 65.8 Å². The van der Waals surface area contributed by atoms with Crippen LogP contribution < -0.4 is 16.2 Å². The number of nitrogens with one attached hydrogen (secondary N) is 2. The minimum Gasteiger partial charge on any atom is -0.314 e. The molecule has 2 amide bonds. The highest BCUT2D eigenvalue weighted by atomic mass is 16.2. The first-order valence-corrected chi connectivity index (χ1v) is 11.8. The van der Waals surface area contributed by atoms with Gasteiger partial charge in [-0.25, -0.2) is 4.79 Å². The number of para-hydroxylation sites is 1. The summed E-state index contributed by atoms with van der Waals surface area (Å²) in [6.07, 6.45) is 3.70. The number of nitrogens with zero attached hydrogens (tertiary/aromatic N) is 1. The Morgan fingerprint density at radius 3 is 2.03 bits per heavy atom. The molecule has 5 nitrogen and oxygen atoms in total. The van der Waals surface area contributed by atoms with E-state index < -0.39 is 6.03 Å². The summed E-state index contributed by atoms with van der Waals surface area (Å²) >= 11 is 0. The molecule has 2 N–H and O–H groups in total. The molecule has 0 saturated heterocycles. The molecule has 5 heteroatoms. The molecule has 33 heavy (non-hydrogen) atoms. The van der Waals surface area contributed by atoms with Crippen LogP contribution in [0.15, 0.2) is 65.6 Å². The fourth-order valence-electron chi connectivity index (χ4n) is 4.01. The van der Waals surface area contributed by atoms with Gasteiger partial charge >= 0.3 is 6.03 Å². The molecular weight excluding hydrogens is 410 g/mol. The highest BCUT2D eigenvalue weighted by molar-refractivity contribution is 6.03. The first-order chi connectivity index (χ1) is 15.8. The van der Waals surface area contributed by atoms with Gasteiger partial charge in [0.2, 0.25) is 0 Å². The first kappa shape index (κ1) is 24.3.